The van der Waals surface area contributed by atoms with E-state index < -0.39 is 6.04 Å². The van der Waals surface area contributed by atoms with Crippen molar-refractivity contribution in [1.82, 2.24) is 0 Å². The smallest absolute Gasteiger partial charge is 0.128 e. The summed E-state index contributed by atoms with van der Waals surface area (Å²) in [6.07, 6.45) is 0. The van der Waals surface area contributed by atoms with Crippen LogP contribution in [-0.2, 0) is 0 Å². The second-order valence-corrected chi connectivity index (χ2v) is 5.88. The normalized spacial score (nSPS) is 12.7. The lowest BCUT2D eigenvalue weighted by molar-refractivity contribution is 0.599. The number of rotatable bonds is 3. The summed E-state index contributed by atoms with van der Waals surface area (Å²) in [6, 6.07) is 12.4. The van der Waals surface area contributed by atoms with Crippen molar-refractivity contribution in [1.29, 1.82) is 0 Å². The quantitative estimate of drug-likeness (QED) is 0.866. The predicted molar refractivity (Wildman–Crippen MR) is 80.7 cm³/mol. The van der Waals surface area contributed by atoms with Gasteiger partial charge < -0.3 is 5.73 Å². The van der Waals surface area contributed by atoms with Crippen LogP contribution < -0.4 is 5.73 Å². The summed E-state index contributed by atoms with van der Waals surface area (Å²) in [5.74, 6) is 0.205. The molecule has 1 nitrogen and oxygen atoms in total. The van der Waals surface area contributed by atoms with Gasteiger partial charge in [-0.05, 0) is 35.2 Å². The van der Waals surface area contributed by atoms with Crippen molar-refractivity contribution < 1.29 is 4.39 Å². The molecule has 0 fully saturated rings. The van der Waals surface area contributed by atoms with E-state index in [4.69, 9.17) is 5.73 Å². The summed E-state index contributed by atoms with van der Waals surface area (Å²) >= 11 is 3.35. The van der Waals surface area contributed by atoms with Gasteiger partial charge in [-0.15, -0.1) is 0 Å². The molecular formula is C16H17BrFN. The SMILES string of the molecule is CC(C)c1ccc(C(N)c2cc(Br)ccc2F)cc1. The molecule has 0 saturated heterocycles. The molecule has 3 heteroatoms. The zero-order chi connectivity index (χ0) is 14.0. The van der Waals surface area contributed by atoms with E-state index in [-0.39, 0.29) is 5.82 Å². The van der Waals surface area contributed by atoms with Crippen LogP contribution in [-0.4, -0.2) is 0 Å². The number of hydrogen-bond donors (Lipinski definition) is 1. The fraction of sp³-hybridized carbons (Fsp3) is 0.250. The minimum atomic E-state index is -0.446. The van der Waals surface area contributed by atoms with Gasteiger partial charge in [0.15, 0.2) is 0 Å². The third kappa shape index (κ3) is 3.23. The lowest BCUT2D eigenvalue weighted by atomic mass is 9.95. The molecule has 0 aliphatic rings. The summed E-state index contributed by atoms with van der Waals surface area (Å²) in [4.78, 5) is 0. The molecule has 0 aromatic heterocycles. The Kier molecular flexibility index (Phi) is 4.38. The highest BCUT2D eigenvalue weighted by Crippen LogP contribution is 2.26. The van der Waals surface area contributed by atoms with Crippen molar-refractivity contribution in [3.63, 3.8) is 0 Å². The summed E-state index contributed by atoms with van der Waals surface area (Å²) in [5, 5.41) is 0. The molecular weight excluding hydrogens is 305 g/mol. The average Bonchev–Trinajstić information content (AvgIpc) is 2.41. The van der Waals surface area contributed by atoms with Gasteiger partial charge in [0.05, 0.1) is 6.04 Å². The van der Waals surface area contributed by atoms with Crippen molar-refractivity contribution in [2.75, 3.05) is 0 Å². The van der Waals surface area contributed by atoms with Gasteiger partial charge in [0.1, 0.15) is 5.82 Å². The molecule has 0 radical (unpaired) electrons. The highest BCUT2D eigenvalue weighted by Gasteiger charge is 2.14. The first-order valence-corrected chi connectivity index (χ1v) is 7.08. The largest absolute Gasteiger partial charge is 0.320 e. The molecule has 0 amide bonds. The summed E-state index contributed by atoms with van der Waals surface area (Å²) in [5.41, 5.74) is 8.83. The summed E-state index contributed by atoms with van der Waals surface area (Å²) in [6.45, 7) is 4.28. The van der Waals surface area contributed by atoms with Gasteiger partial charge in [-0.25, -0.2) is 4.39 Å². The van der Waals surface area contributed by atoms with Gasteiger partial charge in [0.25, 0.3) is 0 Å². The molecule has 2 aromatic carbocycles. The molecule has 2 N–H and O–H groups in total. The van der Waals surface area contributed by atoms with E-state index in [1.54, 1.807) is 12.1 Å². The van der Waals surface area contributed by atoms with E-state index in [9.17, 15) is 4.39 Å². The molecule has 100 valence electrons. The van der Waals surface area contributed by atoms with E-state index >= 15 is 0 Å². The zero-order valence-corrected chi connectivity index (χ0v) is 12.6. The maximum Gasteiger partial charge on any atom is 0.128 e. The van der Waals surface area contributed by atoms with Gasteiger partial charge in [0.2, 0.25) is 0 Å². The highest BCUT2D eigenvalue weighted by molar-refractivity contribution is 9.10. The minimum Gasteiger partial charge on any atom is -0.320 e. The Morgan fingerprint density at radius 3 is 2.16 bits per heavy atom. The topological polar surface area (TPSA) is 26.0 Å². The van der Waals surface area contributed by atoms with Crippen molar-refractivity contribution in [3.8, 4) is 0 Å². The first-order valence-electron chi connectivity index (χ1n) is 6.29. The molecule has 0 aliphatic heterocycles. The first-order chi connectivity index (χ1) is 8.99. The lowest BCUT2D eigenvalue weighted by Gasteiger charge is -2.15. The maximum absolute atomic E-state index is 13.8. The van der Waals surface area contributed by atoms with E-state index in [1.807, 2.05) is 12.1 Å². The molecule has 0 saturated carbocycles. The van der Waals surface area contributed by atoms with E-state index in [0.29, 0.717) is 11.5 Å². The standard InChI is InChI=1S/C16H17BrFN/c1-10(2)11-3-5-12(6-4-11)16(19)14-9-13(17)7-8-15(14)18/h3-10,16H,19H2,1-2H3. The Morgan fingerprint density at radius 2 is 1.58 bits per heavy atom. The lowest BCUT2D eigenvalue weighted by Crippen LogP contribution is -2.13. The van der Waals surface area contributed by atoms with Crippen molar-refractivity contribution in [3.05, 3.63) is 69.4 Å². The Bertz CT molecular complexity index is 563. The fourth-order valence-corrected chi connectivity index (χ4v) is 2.40. The van der Waals surface area contributed by atoms with Crippen molar-refractivity contribution in [2.24, 2.45) is 5.73 Å². The third-order valence-corrected chi connectivity index (χ3v) is 3.75. The van der Waals surface area contributed by atoms with Gasteiger partial charge in [0, 0.05) is 10.0 Å². The van der Waals surface area contributed by atoms with E-state index in [1.165, 1.54) is 11.6 Å². The van der Waals surface area contributed by atoms with Crippen LogP contribution >= 0.6 is 15.9 Å². The monoisotopic (exact) mass is 321 g/mol. The second kappa shape index (κ2) is 5.85. The average molecular weight is 322 g/mol. The molecule has 2 aromatic rings. The molecule has 1 unspecified atom stereocenters. The van der Waals surface area contributed by atoms with Crippen LogP contribution in [0.4, 0.5) is 4.39 Å². The second-order valence-electron chi connectivity index (χ2n) is 4.96. The van der Waals surface area contributed by atoms with Crippen molar-refractivity contribution >= 4 is 15.9 Å². The van der Waals surface area contributed by atoms with E-state index in [2.05, 4.69) is 41.9 Å². The number of benzene rings is 2. The summed E-state index contributed by atoms with van der Waals surface area (Å²) < 4.78 is 14.6. The van der Waals surface area contributed by atoms with Crippen LogP contribution in [0.2, 0.25) is 0 Å². The van der Waals surface area contributed by atoms with Crippen LogP contribution in [0.15, 0.2) is 46.9 Å². The number of nitrogens with two attached hydrogens (primary N) is 1. The van der Waals surface area contributed by atoms with Gasteiger partial charge in [-0.2, -0.15) is 0 Å². The molecule has 0 spiro atoms. The van der Waals surface area contributed by atoms with Gasteiger partial charge >= 0.3 is 0 Å². The van der Waals surface area contributed by atoms with Gasteiger partial charge in [-0.1, -0.05) is 54.0 Å². The summed E-state index contributed by atoms with van der Waals surface area (Å²) in [7, 11) is 0. The molecule has 1 atom stereocenters. The third-order valence-electron chi connectivity index (χ3n) is 3.26. The Morgan fingerprint density at radius 1 is 1.00 bits per heavy atom. The minimum absolute atomic E-state index is 0.274. The first kappa shape index (κ1) is 14.2. The number of hydrogen-bond acceptors (Lipinski definition) is 1. The molecule has 0 aliphatic carbocycles. The molecule has 19 heavy (non-hydrogen) atoms. The molecule has 0 heterocycles. The van der Waals surface area contributed by atoms with Crippen LogP contribution in [0, 0.1) is 5.82 Å². The Labute approximate surface area is 121 Å². The Balaban J connectivity index is 2.33. The highest BCUT2D eigenvalue weighted by atomic mass is 79.9. The zero-order valence-electron chi connectivity index (χ0n) is 11.0. The van der Waals surface area contributed by atoms with E-state index in [0.717, 1.165) is 10.0 Å². The maximum atomic E-state index is 13.8. The Hall–Kier alpha value is -1.19. The molecule has 0 bridgehead atoms. The van der Waals surface area contributed by atoms with Crippen molar-refractivity contribution in [2.45, 2.75) is 25.8 Å². The number of halogens is 2. The van der Waals surface area contributed by atoms with Gasteiger partial charge in [-0.3, -0.25) is 0 Å². The van der Waals surface area contributed by atoms with Crippen LogP contribution in [0.3, 0.4) is 0 Å². The van der Waals surface area contributed by atoms with Crippen LogP contribution in [0.5, 0.6) is 0 Å². The predicted octanol–water partition coefficient (Wildman–Crippen LogP) is 4.76. The van der Waals surface area contributed by atoms with Crippen LogP contribution in [0.1, 0.15) is 42.5 Å². The van der Waals surface area contributed by atoms with Crippen LogP contribution in [0.25, 0.3) is 0 Å². The fourth-order valence-electron chi connectivity index (χ4n) is 2.02. The molecule has 2 rings (SSSR count).